The molecule has 6 nitrogen and oxygen atoms in total. The van der Waals surface area contributed by atoms with Gasteiger partial charge in [-0.05, 0) is 34.9 Å². The Hall–Kier alpha value is -3.23. The van der Waals surface area contributed by atoms with Gasteiger partial charge in [0, 0.05) is 4.88 Å². The van der Waals surface area contributed by atoms with Crippen LogP contribution in [0, 0.1) is 0 Å². The topological polar surface area (TPSA) is 95.1 Å². The molecule has 0 saturated heterocycles. The van der Waals surface area contributed by atoms with E-state index >= 15 is 0 Å². The van der Waals surface area contributed by atoms with Gasteiger partial charge < -0.3 is 15.4 Å². The molecule has 0 spiro atoms. The number of benzene rings is 1. The summed E-state index contributed by atoms with van der Waals surface area (Å²) in [4.78, 5) is 33.5. The van der Waals surface area contributed by atoms with Crippen LogP contribution in [0.1, 0.15) is 27.0 Å². The van der Waals surface area contributed by atoms with E-state index in [1.165, 1.54) is 22.7 Å². The Morgan fingerprint density at radius 1 is 1.07 bits per heavy atom. The van der Waals surface area contributed by atoms with Crippen LogP contribution in [0.4, 0.5) is 0 Å². The molecule has 0 aliphatic rings. The molecule has 0 fully saturated rings. The molecular weight excluding hydrogens is 406 g/mol. The molecule has 1 atom stereocenters. The molecule has 0 radical (unpaired) electrons. The molecule has 0 aliphatic heterocycles. The number of H-pyrrole nitrogens is 1. The van der Waals surface area contributed by atoms with Crippen LogP contribution in [-0.2, 0) is 6.42 Å². The standard InChI is InChI=1S/C21H17N3O3S2/c25-18-17(23-19(24-21(18)27)16-9-5-11-29-16)20(26)22-14(15-8-4-10-28-15)12-13-6-2-1-3-7-13/h1-11,14,25H,12H2,(H,22,26)(H,23,24,27). The average molecular weight is 424 g/mol. The fourth-order valence-electron chi connectivity index (χ4n) is 2.94. The zero-order chi connectivity index (χ0) is 20.2. The second-order valence-corrected chi connectivity index (χ2v) is 8.25. The van der Waals surface area contributed by atoms with Crippen LogP contribution in [0.25, 0.3) is 10.7 Å². The summed E-state index contributed by atoms with van der Waals surface area (Å²) in [6, 6.07) is 17.0. The van der Waals surface area contributed by atoms with Crippen LogP contribution in [0.5, 0.6) is 5.75 Å². The molecule has 3 heterocycles. The second-order valence-electron chi connectivity index (χ2n) is 6.32. The highest BCUT2D eigenvalue weighted by Crippen LogP contribution is 2.25. The minimum absolute atomic E-state index is 0.253. The quantitative estimate of drug-likeness (QED) is 0.437. The van der Waals surface area contributed by atoms with E-state index in [0.29, 0.717) is 11.3 Å². The van der Waals surface area contributed by atoms with Crippen LogP contribution in [0.3, 0.4) is 0 Å². The lowest BCUT2D eigenvalue weighted by Gasteiger charge is -2.18. The minimum Gasteiger partial charge on any atom is -0.501 e. The van der Waals surface area contributed by atoms with E-state index in [1.807, 2.05) is 59.3 Å². The van der Waals surface area contributed by atoms with Gasteiger partial charge in [-0.1, -0.05) is 42.5 Å². The van der Waals surface area contributed by atoms with Gasteiger partial charge in [0.1, 0.15) is 0 Å². The number of amides is 1. The Balaban J connectivity index is 1.65. The molecule has 0 bridgehead atoms. The number of aromatic nitrogens is 2. The van der Waals surface area contributed by atoms with Crippen molar-refractivity contribution in [2.75, 3.05) is 0 Å². The lowest BCUT2D eigenvalue weighted by molar-refractivity contribution is 0.0928. The van der Waals surface area contributed by atoms with Crippen LogP contribution < -0.4 is 10.9 Å². The lowest BCUT2D eigenvalue weighted by Crippen LogP contribution is -2.31. The van der Waals surface area contributed by atoms with E-state index in [9.17, 15) is 14.7 Å². The molecule has 1 aromatic carbocycles. The smallest absolute Gasteiger partial charge is 0.294 e. The first-order chi connectivity index (χ1) is 14.1. The van der Waals surface area contributed by atoms with E-state index in [2.05, 4.69) is 15.3 Å². The van der Waals surface area contributed by atoms with Crippen molar-refractivity contribution >= 4 is 28.6 Å². The summed E-state index contributed by atoms with van der Waals surface area (Å²) >= 11 is 2.91. The molecule has 4 aromatic rings. The minimum atomic E-state index is -0.746. The summed E-state index contributed by atoms with van der Waals surface area (Å²) in [6.07, 6.45) is 0.578. The summed E-state index contributed by atoms with van der Waals surface area (Å²) < 4.78 is 0. The SMILES string of the molecule is O=C(NC(Cc1ccccc1)c1cccs1)c1nc(-c2cccs2)[nH]c(=O)c1O. The Kier molecular flexibility index (Phi) is 5.55. The van der Waals surface area contributed by atoms with Gasteiger partial charge in [-0.15, -0.1) is 22.7 Å². The van der Waals surface area contributed by atoms with E-state index in [4.69, 9.17) is 0 Å². The Labute approximate surface area is 174 Å². The summed E-state index contributed by atoms with van der Waals surface area (Å²) in [5.74, 6) is -1.03. The molecule has 146 valence electrons. The Morgan fingerprint density at radius 2 is 1.83 bits per heavy atom. The highest BCUT2D eigenvalue weighted by molar-refractivity contribution is 7.13. The number of thiophene rings is 2. The van der Waals surface area contributed by atoms with Crippen molar-refractivity contribution in [1.82, 2.24) is 15.3 Å². The van der Waals surface area contributed by atoms with Crippen molar-refractivity contribution in [3.8, 4) is 16.5 Å². The highest BCUT2D eigenvalue weighted by Gasteiger charge is 2.23. The fraction of sp³-hybridized carbons (Fsp3) is 0.0952. The van der Waals surface area contributed by atoms with Gasteiger partial charge in [0.05, 0.1) is 10.9 Å². The number of nitrogens with one attached hydrogen (secondary N) is 2. The van der Waals surface area contributed by atoms with E-state index < -0.39 is 17.2 Å². The molecular formula is C21H17N3O3S2. The third-order valence-electron chi connectivity index (χ3n) is 4.34. The molecule has 29 heavy (non-hydrogen) atoms. The number of carbonyl (C=O) groups is 1. The molecule has 8 heteroatoms. The van der Waals surface area contributed by atoms with Crippen LogP contribution in [-0.4, -0.2) is 21.0 Å². The van der Waals surface area contributed by atoms with Crippen molar-refractivity contribution in [1.29, 1.82) is 0 Å². The number of nitrogens with zero attached hydrogens (tertiary/aromatic N) is 1. The number of carbonyl (C=O) groups excluding carboxylic acids is 1. The summed E-state index contributed by atoms with van der Waals surface area (Å²) in [5, 5.41) is 16.9. The third-order valence-corrected chi connectivity index (χ3v) is 6.20. The largest absolute Gasteiger partial charge is 0.501 e. The van der Waals surface area contributed by atoms with Gasteiger partial charge in [0.2, 0.25) is 5.75 Å². The van der Waals surface area contributed by atoms with Crippen molar-refractivity contribution < 1.29 is 9.90 Å². The number of aromatic hydroxyl groups is 1. The van der Waals surface area contributed by atoms with Gasteiger partial charge in [-0.2, -0.15) is 0 Å². The molecule has 0 aliphatic carbocycles. The maximum atomic E-state index is 13.0. The predicted molar refractivity (Wildman–Crippen MR) is 115 cm³/mol. The van der Waals surface area contributed by atoms with Crippen LogP contribution >= 0.6 is 22.7 Å². The molecule has 3 aromatic heterocycles. The summed E-state index contributed by atoms with van der Waals surface area (Å²) in [5.41, 5.74) is 0.0321. The van der Waals surface area contributed by atoms with Crippen molar-refractivity contribution in [2.45, 2.75) is 12.5 Å². The summed E-state index contributed by atoms with van der Waals surface area (Å²) in [6.45, 7) is 0. The van der Waals surface area contributed by atoms with Crippen molar-refractivity contribution in [3.05, 3.63) is 91.8 Å². The number of hydrogen-bond acceptors (Lipinski definition) is 6. The second kappa shape index (κ2) is 8.42. The third kappa shape index (κ3) is 4.28. The van der Waals surface area contributed by atoms with E-state index in [1.54, 1.807) is 6.07 Å². The number of aromatic amines is 1. The Bertz CT molecular complexity index is 1150. The van der Waals surface area contributed by atoms with Gasteiger partial charge in [-0.3, -0.25) is 9.59 Å². The van der Waals surface area contributed by atoms with Crippen LogP contribution in [0.15, 0.2) is 70.2 Å². The number of rotatable bonds is 6. The predicted octanol–water partition coefficient (Wildman–Crippen LogP) is 3.98. The summed E-state index contributed by atoms with van der Waals surface area (Å²) in [7, 11) is 0. The lowest BCUT2D eigenvalue weighted by atomic mass is 10.0. The van der Waals surface area contributed by atoms with Crippen molar-refractivity contribution in [2.24, 2.45) is 0 Å². The molecule has 1 amide bonds. The van der Waals surface area contributed by atoms with Crippen molar-refractivity contribution in [3.63, 3.8) is 0 Å². The highest BCUT2D eigenvalue weighted by atomic mass is 32.1. The molecule has 1 unspecified atom stereocenters. The zero-order valence-corrected chi connectivity index (χ0v) is 16.8. The molecule has 3 N–H and O–H groups in total. The van der Waals surface area contributed by atoms with E-state index in [-0.39, 0.29) is 17.6 Å². The molecule has 4 rings (SSSR count). The maximum Gasteiger partial charge on any atom is 0.294 e. The maximum absolute atomic E-state index is 13.0. The first-order valence-electron chi connectivity index (χ1n) is 8.87. The van der Waals surface area contributed by atoms with Crippen LogP contribution in [0.2, 0.25) is 0 Å². The van der Waals surface area contributed by atoms with Gasteiger partial charge in [-0.25, -0.2) is 4.98 Å². The van der Waals surface area contributed by atoms with Gasteiger partial charge in [0.15, 0.2) is 11.5 Å². The average Bonchev–Trinajstić information content (AvgIpc) is 3.44. The first kappa shape index (κ1) is 19.1. The van der Waals surface area contributed by atoms with Gasteiger partial charge >= 0.3 is 0 Å². The number of hydrogen-bond donors (Lipinski definition) is 3. The van der Waals surface area contributed by atoms with E-state index in [0.717, 1.165) is 10.4 Å². The molecule has 0 saturated carbocycles. The van der Waals surface area contributed by atoms with Gasteiger partial charge in [0.25, 0.3) is 11.5 Å². The normalized spacial score (nSPS) is 11.9. The Morgan fingerprint density at radius 3 is 2.52 bits per heavy atom. The zero-order valence-electron chi connectivity index (χ0n) is 15.2. The first-order valence-corrected chi connectivity index (χ1v) is 10.6. The monoisotopic (exact) mass is 423 g/mol. The fourth-order valence-corrected chi connectivity index (χ4v) is 4.39.